The van der Waals surface area contributed by atoms with Crippen LogP contribution in [0.1, 0.15) is 23.2 Å². The fourth-order valence-corrected chi connectivity index (χ4v) is 3.93. The van der Waals surface area contributed by atoms with Crippen molar-refractivity contribution >= 4 is 33.5 Å². The molecule has 1 amide bonds. The maximum absolute atomic E-state index is 12.5. The highest BCUT2D eigenvalue weighted by Gasteiger charge is 2.18. The number of aromatic nitrogens is 4. The molecule has 0 aliphatic carbocycles. The van der Waals surface area contributed by atoms with E-state index in [0.29, 0.717) is 18.7 Å². The Morgan fingerprint density at radius 1 is 1.03 bits per heavy atom. The molecule has 0 bridgehead atoms. The smallest absolute Gasteiger partial charge is 0.251 e. The zero-order valence-corrected chi connectivity index (χ0v) is 16.1. The zero-order valence-electron chi connectivity index (χ0n) is 16.1. The van der Waals surface area contributed by atoms with Crippen LogP contribution in [0.25, 0.3) is 21.8 Å². The third-order valence-electron chi connectivity index (χ3n) is 5.44. The zero-order chi connectivity index (χ0) is 19.6. The number of amides is 1. The Balaban J connectivity index is 1.28. The molecule has 5 rings (SSSR count). The number of hydrogen-bond acceptors (Lipinski definition) is 5. The van der Waals surface area contributed by atoms with E-state index < -0.39 is 0 Å². The van der Waals surface area contributed by atoms with Gasteiger partial charge in [0.05, 0.1) is 18.1 Å². The highest BCUT2D eigenvalue weighted by molar-refractivity contribution is 5.98. The molecule has 0 atom stereocenters. The third kappa shape index (κ3) is 3.40. The first-order valence-corrected chi connectivity index (χ1v) is 9.98. The maximum Gasteiger partial charge on any atom is 0.251 e. The Hall–Kier alpha value is -3.48. The van der Waals surface area contributed by atoms with E-state index >= 15 is 0 Å². The number of carbonyl (C=O) groups excluding carboxylic acids is 1. The summed E-state index contributed by atoms with van der Waals surface area (Å²) < 4.78 is 1.83. The van der Waals surface area contributed by atoms with Crippen molar-refractivity contribution in [2.75, 3.05) is 24.5 Å². The Bertz CT molecular complexity index is 1180. The van der Waals surface area contributed by atoms with Crippen LogP contribution in [0.5, 0.6) is 0 Å². The first-order chi connectivity index (χ1) is 14.3. The van der Waals surface area contributed by atoms with Gasteiger partial charge in [-0.1, -0.05) is 30.3 Å². The van der Waals surface area contributed by atoms with Crippen LogP contribution in [0.3, 0.4) is 0 Å². The van der Waals surface area contributed by atoms with E-state index in [4.69, 9.17) is 0 Å². The van der Waals surface area contributed by atoms with Gasteiger partial charge in [0.15, 0.2) is 5.65 Å². The van der Waals surface area contributed by atoms with Crippen molar-refractivity contribution in [1.29, 1.82) is 0 Å². The number of fused-ring (bicyclic) bond motifs is 2. The van der Waals surface area contributed by atoms with E-state index in [1.807, 2.05) is 53.3 Å². The molecule has 7 heteroatoms. The molecule has 29 heavy (non-hydrogen) atoms. The second-order valence-electron chi connectivity index (χ2n) is 7.31. The van der Waals surface area contributed by atoms with E-state index in [0.717, 1.165) is 40.7 Å². The van der Waals surface area contributed by atoms with E-state index in [1.165, 1.54) is 12.8 Å². The monoisotopic (exact) mass is 386 g/mol. The van der Waals surface area contributed by atoms with E-state index in [2.05, 4.69) is 25.3 Å². The van der Waals surface area contributed by atoms with Gasteiger partial charge in [0.2, 0.25) is 0 Å². The minimum Gasteiger partial charge on any atom is -0.356 e. The van der Waals surface area contributed by atoms with Crippen molar-refractivity contribution in [2.45, 2.75) is 19.4 Å². The number of nitrogens with zero attached hydrogens (tertiary/aromatic N) is 5. The second-order valence-corrected chi connectivity index (χ2v) is 7.31. The summed E-state index contributed by atoms with van der Waals surface area (Å²) in [5.41, 5.74) is 1.47. The Kier molecular flexibility index (Phi) is 4.56. The molecule has 1 aliphatic rings. The summed E-state index contributed by atoms with van der Waals surface area (Å²) in [5.74, 6) is 0.874. The summed E-state index contributed by atoms with van der Waals surface area (Å²) in [6.07, 6.45) is 5.82. The number of nitrogens with one attached hydrogen (secondary N) is 1. The average Bonchev–Trinajstić information content (AvgIpc) is 3.43. The molecule has 2 aromatic carbocycles. The molecular weight excluding hydrogens is 364 g/mol. The van der Waals surface area contributed by atoms with Crippen LogP contribution in [0.15, 0.2) is 55.0 Å². The SMILES string of the molecule is O=C(NCCn1ncc2c(N3CCCC3)ncnc21)c1ccc2ccccc2c1. The van der Waals surface area contributed by atoms with Gasteiger partial charge in [-0.05, 0) is 35.7 Å². The van der Waals surface area contributed by atoms with E-state index in [9.17, 15) is 4.79 Å². The molecule has 0 radical (unpaired) electrons. The molecule has 7 nitrogen and oxygen atoms in total. The molecule has 0 saturated carbocycles. The molecule has 3 heterocycles. The van der Waals surface area contributed by atoms with Crippen molar-refractivity contribution in [1.82, 2.24) is 25.1 Å². The Morgan fingerprint density at radius 2 is 1.86 bits per heavy atom. The predicted octanol–water partition coefficient (Wildman–Crippen LogP) is 3.01. The third-order valence-corrected chi connectivity index (χ3v) is 5.44. The summed E-state index contributed by atoms with van der Waals surface area (Å²) in [4.78, 5) is 23.7. The number of hydrogen-bond donors (Lipinski definition) is 1. The Morgan fingerprint density at radius 3 is 2.72 bits per heavy atom. The van der Waals surface area contributed by atoms with E-state index in [1.54, 1.807) is 6.33 Å². The van der Waals surface area contributed by atoms with Gasteiger partial charge in [-0.3, -0.25) is 4.79 Å². The lowest BCUT2D eigenvalue weighted by molar-refractivity contribution is 0.0952. The van der Waals surface area contributed by atoms with Gasteiger partial charge in [-0.15, -0.1) is 0 Å². The highest BCUT2D eigenvalue weighted by Crippen LogP contribution is 2.25. The fraction of sp³-hybridized carbons (Fsp3) is 0.273. The first-order valence-electron chi connectivity index (χ1n) is 9.98. The van der Waals surface area contributed by atoms with Gasteiger partial charge >= 0.3 is 0 Å². The second kappa shape index (κ2) is 7.50. The minimum absolute atomic E-state index is 0.0837. The number of carbonyl (C=O) groups is 1. The molecular formula is C22H22N6O. The van der Waals surface area contributed by atoms with Crippen molar-refractivity contribution in [2.24, 2.45) is 0 Å². The van der Waals surface area contributed by atoms with Gasteiger partial charge in [0, 0.05) is 25.2 Å². The minimum atomic E-state index is -0.0837. The van der Waals surface area contributed by atoms with Crippen molar-refractivity contribution in [3.05, 3.63) is 60.6 Å². The normalized spacial score (nSPS) is 14.0. The number of rotatable bonds is 5. The summed E-state index contributed by atoms with van der Waals surface area (Å²) in [7, 11) is 0. The van der Waals surface area contributed by atoms with Gasteiger partial charge in [-0.2, -0.15) is 5.10 Å². The molecule has 1 saturated heterocycles. The number of anilines is 1. The lowest BCUT2D eigenvalue weighted by Crippen LogP contribution is -2.27. The van der Waals surface area contributed by atoms with Crippen LogP contribution >= 0.6 is 0 Å². The Labute approximate surface area is 168 Å². The van der Waals surface area contributed by atoms with Gasteiger partial charge < -0.3 is 10.2 Å². The van der Waals surface area contributed by atoms with Crippen molar-refractivity contribution in [3.8, 4) is 0 Å². The van der Waals surface area contributed by atoms with Crippen LogP contribution in [-0.2, 0) is 6.54 Å². The maximum atomic E-state index is 12.5. The molecule has 146 valence electrons. The quantitative estimate of drug-likeness (QED) is 0.571. The topological polar surface area (TPSA) is 75.9 Å². The molecule has 1 aliphatic heterocycles. The molecule has 2 aromatic heterocycles. The fourth-order valence-electron chi connectivity index (χ4n) is 3.93. The summed E-state index contributed by atoms with van der Waals surface area (Å²) >= 11 is 0. The average molecular weight is 386 g/mol. The number of benzene rings is 2. The van der Waals surface area contributed by atoms with Crippen LogP contribution in [0.2, 0.25) is 0 Å². The lowest BCUT2D eigenvalue weighted by Gasteiger charge is -2.16. The molecule has 1 N–H and O–H groups in total. The summed E-state index contributed by atoms with van der Waals surface area (Å²) in [6, 6.07) is 13.8. The van der Waals surface area contributed by atoms with Gasteiger partial charge in [0.25, 0.3) is 5.91 Å². The van der Waals surface area contributed by atoms with Crippen LogP contribution in [-0.4, -0.2) is 45.3 Å². The van der Waals surface area contributed by atoms with Crippen LogP contribution < -0.4 is 10.2 Å². The molecule has 1 fully saturated rings. The van der Waals surface area contributed by atoms with Gasteiger partial charge in [-0.25, -0.2) is 14.6 Å². The summed E-state index contributed by atoms with van der Waals surface area (Å²) in [6.45, 7) is 3.09. The predicted molar refractivity (Wildman–Crippen MR) is 113 cm³/mol. The largest absolute Gasteiger partial charge is 0.356 e. The van der Waals surface area contributed by atoms with Crippen molar-refractivity contribution in [3.63, 3.8) is 0 Å². The standard InChI is InChI=1S/C22H22N6O/c29-22(18-8-7-16-5-1-2-6-17(16)13-18)23-9-12-28-21-19(14-26-28)20(24-15-25-21)27-10-3-4-11-27/h1-2,5-8,13-15H,3-4,9-12H2,(H,23,29). The van der Waals surface area contributed by atoms with E-state index in [-0.39, 0.29) is 5.91 Å². The molecule has 4 aromatic rings. The molecule has 0 unspecified atom stereocenters. The lowest BCUT2D eigenvalue weighted by atomic mass is 10.1. The van der Waals surface area contributed by atoms with Gasteiger partial charge in [0.1, 0.15) is 12.1 Å². The van der Waals surface area contributed by atoms with Crippen molar-refractivity contribution < 1.29 is 4.79 Å². The summed E-state index contributed by atoms with van der Waals surface area (Å²) in [5, 5.41) is 10.6. The van der Waals surface area contributed by atoms with Crippen LogP contribution in [0, 0.1) is 0 Å². The van der Waals surface area contributed by atoms with Crippen LogP contribution in [0.4, 0.5) is 5.82 Å². The highest BCUT2D eigenvalue weighted by atomic mass is 16.1. The first kappa shape index (κ1) is 17.6. The molecule has 0 spiro atoms.